The molecule has 2 aliphatic heterocycles. The van der Waals surface area contributed by atoms with E-state index in [0.29, 0.717) is 23.7 Å². The third kappa shape index (κ3) is 4.55. The van der Waals surface area contributed by atoms with Gasteiger partial charge in [-0.2, -0.15) is 0 Å². The molecule has 34 heavy (non-hydrogen) atoms. The van der Waals surface area contributed by atoms with Crippen molar-refractivity contribution in [3.05, 3.63) is 60.1 Å². The Balaban J connectivity index is 1.45. The van der Waals surface area contributed by atoms with Crippen LogP contribution in [0, 0.1) is 0 Å². The molecule has 0 spiro atoms. The first kappa shape index (κ1) is 21.8. The van der Waals surface area contributed by atoms with E-state index < -0.39 is 0 Å². The van der Waals surface area contributed by atoms with Gasteiger partial charge in [0.2, 0.25) is 0 Å². The summed E-state index contributed by atoms with van der Waals surface area (Å²) in [5.41, 5.74) is 3.50. The van der Waals surface area contributed by atoms with Gasteiger partial charge in [-0.05, 0) is 55.8 Å². The van der Waals surface area contributed by atoms with Crippen molar-refractivity contribution in [2.24, 2.45) is 0 Å². The molecule has 1 fully saturated rings. The van der Waals surface area contributed by atoms with E-state index in [0.717, 1.165) is 48.1 Å². The van der Waals surface area contributed by atoms with Crippen molar-refractivity contribution in [3.63, 3.8) is 0 Å². The van der Waals surface area contributed by atoms with Crippen LogP contribution >= 0.6 is 0 Å². The number of ether oxygens (including phenoxy) is 1. The number of amides is 1. The zero-order valence-electron chi connectivity index (χ0n) is 19.2. The molecule has 9 heteroatoms. The lowest BCUT2D eigenvalue weighted by Gasteiger charge is -2.32. The molecule has 2 N–H and O–H groups in total. The van der Waals surface area contributed by atoms with Gasteiger partial charge in [0.1, 0.15) is 17.5 Å². The highest BCUT2D eigenvalue weighted by Gasteiger charge is 2.23. The molecule has 1 amide bonds. The second kappa shape index (κ2) is 9.48. The minimum Gasteiger partial charge on any atom is -0.375 e. The van der Waals surface area contributed by atoms with Crippen LogP contribution in [-0.4, -0.2) is 53.2 Å². The minimum atomic E-state index is -0.327. The molecule has 2 aliphatic rings. The molecule has 173 valence electrons. The Morgan fingerprint density at radius 3 is 2.82 bits per heavy atom. The maximum atomic E-state index is 12.6. The van der Waals surface area contributed by atoms with E-state index in [4.69, 9.17) is 9.72 Å². The van der Waals surface area contributed by atoms with E-state index in [9.17, 15) is 4.79 Å². The number of rotatable bonds is 6. The van der Waals surface area contributed by atoms with Crippen molar-refractivity contribution < 1.29 is 9.53 Å². The molecule has 1 atom stereocenters. The Morgan fingerprint density at radius 2 is 2.09 bits per heavy atom. The van der Waals surface area contributed by atoms with E-state index in [-0.39, 0.29) is 12.0 Å². The second-order valence-corrected chi connectivity index (χ2v) is 8.19. The maximum absolute atomic E-state index is 12.6. The summed E-state index contributed by atoms with van der Waals surface area (Å²) in [6.07, 6.45) is 7.03. The van der Waals surface area contributed by atoms with Crippen molar-refractivity contribution in [2.45, 2.75) is 20.0 Å². The average molecular weight is 457 g/mol. The van der Waals surface area contributed by atoms with Gasteiger partial charge in [0.15, 0.2) is 0 Å². The third-order valence-corrected chi connectivity index (χ3v) is 5.70. The van der Waals surface area contributed by atoms with Crippen LogP contribution in [0.3, 0.4) is 0 Å². The van der Waals surface area contributed by atoms with Gasteiger partial charge in [-0.25, -0.2) is 20.3 Å². The molecule has 0 aliphatic carbocycles. The first-order valence-corrected chi connectivity index (χ1v) is 11.4. The van der Waals surface area contributed by atoms with E-state index in [1.165, 1.54) is 6.20 Å². The number of hydrogen-bond donors (Lipinski definition) is 2. The van der Waals surface area contributed by atoms with Crippen molar-refractivity contribution in [1.29, 1.82) is 0 Å². The smallest absolute Gasteiger partial charge is 0.281 e. The molecule has 3 aromatic rings. The number of nitrogens with zero attached hydrogens (tertiary/aromatic N) is 5. The summed E-state index contributed by atoms with van der Waals surface area (Å²) in [6, 6.07) is 9.66. The molecular formula is C25H26N7O2. The maximum Gasteiger partial charge on any atom is 0.281 e. The fraction of sp³-hybridized carbons (Fsp3) is 0.280. The number of hydrogen-bond acceptors (Lipinski definition) is 8. The first-order valence-electron chi connectivity index (χ1n) is 11.4. The predicted octanol–water partition coefficient (Wildman–Crippen LogP) is 3.67. The molecule has 3 aromatic heterocycles. The summed E-state index contributed by atoms with van der Waals surface area (Å²) in [4.78, 5) is 28.6. The summed E-state index contributed by atoms with van der Waals surface area (Å²) >= 11 is 0. The lowest BCUT2D eigenvalue weighted by molar-refractivity contribution is 0.0529. The van der Waals surface area contributed by atoms with Crippen LogP contribution in [0.25, 0.3) is 17.3 Å². The van der Waals surface area contributed by atoms with Crippen LogP contribution in [0.4, 0.5) is 23.1 Å². The summed E-state index contributed by atoms with van der Waals surface area (Å²) in [5, 5.41) is 10.4. The zero-order chi connectivity index (χ0) is 23.5. The van der Waals surface area contributed by atoms with E-state index >= 15 is 0 Å². The lowest BCUT2D eigenvalue weighted by Crippen LogP contribution is -2.41. The first-order chi connectivity index (χ1) is 16.6. The van der Waals surface area contributed by atoms with Gasteiger partial charge in [0, 0.05) is 37.6 Å². The summed E-state index contributed by atoms with van der Waals surface area (Å²) in [6.45, 7) is 7.18. The zero-order valence-corrected chi connectivity index (χ0v) is 19.2. The molecule has 0 bridgehead atoms. The standard InChI is InChI=1S/C25H26N7O2/c1-3-26-21-6-4-18(13-28-21)20-12-17-8-9-27-25(33)23(17)24(31-20)30-19-5-7-22(29-14-19)32-10-11-34-16(2)15-32/h4-9,12-14,16H,3,10-11,15H2,1-2H3,(H,26,28)(H,30,31)/t16-/m1/s1. The number of carbonyl (C=O) groups is 1. The number of pyridine rings is 3. The number of anilines is 4. The number of aromatic nitrogens is 3. The lowest BCUT2D eigenvalue weighted by atomic mass is 10.0. The van der Waals surface area contributed by atoms with Crippen LogP contribution in [0.2, 0.25) is 0 Å². The monoisotopic (exact) mass is 456 g/mol. The van der Waals surface area contributed by atoms with Gasteiger partial charge in [-0.3, -0.25) is 4.79 Å². The fourth-order valence-corrected chi connectivity index (χ4v) is 4.05. The Labute approximate surface area is 198 Å². The highest BCUT2D eigenvalue weighted by molar-refractivity contribution is 6.05. The molecule has 0 unspecified atom stereocenters. The van der Waals surface area contributed by atoms with Crippen molar-refractivity contribution in [3.8, 4) is 11.3 Å². The second-order valence-electron chi connectivity index (χ2n) is 8.19. The number of fused-ring (bicyclic) bond motifs is 1. The highest BCUT2D eigenvalue weighted by atomic mass is 16.5. The Bertz CT molecular complexity index is 1210. The molecular weight excluding hydrogens is 430 g/mol. The molecule has 9 nitrogen and oxygen atoms in total. The van der Waals surface area contributed by atoms with Crippen LogP contribution in [-0.2, 0) is 4.74 Å². The van der Waals surface area contributed by atoms with Crippen molar-refractivity contribution in [2.75, 3.05) is 41.8 Å². The third-order valence-electron chi connectivity index (χ3n) is 5.70. The minimum absolute atomic E-state index is 0.177. The quantitative estimate of drug-likeness (QED) is 0.579. The van der Waals surface area contributed by atoms with Gasteiger partial charge < -0.3 is 20.3 Å². The van der Waals surface area contributed by atoms with Gasteiger partial charge in [-0.1, -0.05) is 0 Å². The average Bonchev–Trinajstić information content (AvgIpc) is 2.85. The summed E-state index contributed by atoms with van der Waals surface area (Å²) in [5.74, 6) is 1.81. The van der Waals surface area contributed by atoms with Gasteiger partial charge >= 0.3 is 0 Å². The highest BCUT2D eigenvalue weighted by Crippen LogP contribution is 2.30. The summed E-state index contributed by atoms with van der Waals surface area (Å²) < 4.78 is 5.62. The molecule has 1 saturated heterocycles. The molecule has 5 heterocycles. The Hall–Kier alpha value is -3.98. The Kier molecular flexibility index (Phi) is 6.09. The van der Waals surface area contributed by atoms with Crippen molar-refractivity contribution >= 4 is 35.1 Å². The van der Waals surface area contributed by atoms with E-state index in [2.05, 4.69) is 37.7 Å². The molecule has 5 rings (SSSR count). The van der Waals surface area contributed by atoms with Gasteiger partial charge in [-0.15, -0.1) is 0 Å². The van der Waals surface area contributed by atoms with Gasteiger partial charge in [0.25, 0.3) is 5.91 Å². The normalized spacial score (nSPS) is 17.2. The van der Waals surface area contributed by atoms with Crippen molar-refractivity contribution in [1.82, 2.24) is 20.3 Å². The number of nitrogens with one attached hydrogen (secondary N) is 2. The van der Waals surface area contributed by atoms with Crippen LogP contribution in [0.5, 0.6) is 0 Å². The van der Waals surface area contributed by atoms with E-state index in [1.807, 2.05) is 43.3 Å². The fourth-order valence-electron chi connectivity index (χ4n) is 4.05. The molecule has 1 radical (unpaired) electrons. The van der Waals surface area contributed by atoms with Crippen LogP contribution < -0.4 is 20.9 Å². The topological polar surface area (TPSA) is 106 Å². The van der Waals surface area contributed by atoms with E-state index in [1.54, 1.807) is 12.4 Å². The van der Waals surface area contributed by atoms with Crippen LogP contribution in [0.1, 0.15) is 29.8 Å². The number of morpholine rings is 1. The largest absolute Gasteiger partial charge is 0.375 e. The number of carbonyl (C=O) groups excluding carboxylic acids is 1. The molecule has 0 aromatic carbocycles. The Morgan fingerprint density at radius 1 is 1.18 bits per heavy atom. The molecule has 0 saturated carbocycles. The SMILES string of the molecule is CCNc1ccc(-c2cc3c(c(Nc4ccc(N5CCO[C@H](C)C5)nc4)n2)C(=O)[N]C=C3)cn1. The van der Waals surface area contributed by atoms with Gasteiger partial charge in [0.05, 0.1) is 35.9 Å². The predicted molar refractivity (Wildman–Crippen MR) is 132 cm³/mol. The summed E-state index contributed by atoms with van der Waals surface area (Å²) in [7, 11) is 0. The van der Waals surface area contributed by atoms with Crippen LogP contribution in [0.15, 0.2) is 48.9 Å².